The van der Waals surface area contributed by atoms with Gasteiger partial charge in [-0.25, -0.2) is 14.5 Å². The number of anilines is 2. The molecule has 1 fully saturated rings. The van der Waals surface area contributed by atoms with Crippen molar-refractivity contribution in [3.63, 3.8) is 0 Å². The molecule has 0 radical (unpaired) electrons. The summed E-state index contributed by atoms with van der Waals surface area (Å²) < 4.78 is 21.1. The van der Waals surface area contributed by atoms with Crippen molar-refractivity contribution in [3.8, 4) is 0 Å². The molecule has 158 valence electrons. The fourth-order valence-corrected chi connectivity index (χ4v) is 4.06. The minimum atomic E-state index is -4.78. The predicted molar refractivity (Wildman–Crippen MR) is 97.3 cm³/mol. The minimum absolute atomic E-state index is 0.148. The number of phosphoric ester groups is 1. The van der Waals surface area contributed by atoms with Crippen LogP contribution in [0.5, 0.6) is 0 Å². The van der Waals surface area contributed by atoms with Gasteiger partial charge in [-0.1, -0.05) is 0 Å². The molecule has 1 aromatic heterocycles. The van der Waals surface area contributed by atoms with Crippen molar-refractivity contribution < 1.29 is 39.0 Å². The fourth-order valence-electron chi connectivity index (χ4n) is 3.72. The summed E-state index contributed by atoms with van der Waals surface area (Å²) in [5.41, 5.74) is 1.89. The van der Waals surface area contributed by atoms with E-state index >= 15 is 0 Å². The number of aliphatic hydroxyl groups is 2. The smallest absolute Gasteiger partial charge is 0.387 e. The number of hydrogen-bond donors (Lipinski definition) is 7. The second-order valence-electron chi connectivity index (χ2n) is 7.01. The Balaban J connectivity index is 1.69. The second-order valence-corrected chi connectivity index (χ2v) is 8.25. The van der Waals surface area contributed by atoms with Crippen LogP contribution in [0.2, 0.25) is 0 Å². The number of aliphatic hydroxyl groups excluding tert-OH is 1. The summed E-state index contributed by atoms with van der Waals surface area (Å²) in [7, 11) is -4.78. The van der Waals surface area contributed by atoms with Crippen molar-refractivity contribution in [2.24, 2.45) is 0 Å². The van der Waals surface area contributed by atoms with Gasteiger partial charge in [-0.15, -0.1) is 0 Å². The monoisotopic (exact) mass is 429 g/mol. The van der Waals surface area contributed by atoms with Crippen molar-refractivity contribution >= 4 is 25.0 Å². The van der Waals surface area contributed by atoms with Crippen molar-refractivity contribution in [3.05, 3.63) is 29.9 Å². The van der Waals surface area contributed by atoms with Gasteiger partial charge in [-0.2, -0.15) is 0 Å². The Bertz CT molecular complexity index is 931. The zero-order chi connectivity index (χ0) is 21.0. The van der Waals surface area contributed by atoms with E-state index in [9.17, 15) is 20.0 Å². The van der Waals surface area contributed by atoms with Crippen LogP contribution in [0.4, 0.5) is 11.6 Å². The molecule has 0 bridgehead atoms. The Morgan fingerprint density at radius 1 is 1.48 bits per heavy atom. The molecule has 4 heterocycles. The number of nitrogens with zero attached hydrogens (tertiary/aromatic N) is 3. The summed E-state index contributed by atoms with van der Waals surface area (Å²) in [6.07, 6.45) is 0.712. The molecule has 4 rings (SSSR count). The quantitative estimate of drug-likeness (QED) is 0.220. The molecule has 0 unspecified atom stereocenters. The number of aromatic nitrogens is 2. The van der Waals surface area contributed by atoms with Gasteiger partial charge in [0.25, 0.3) is 0 Å². The van der Waals surface area contributed by atoms with Crippen molar-refractivity contribution in [1.82, 2.24) is 15.4 Å². The number of allylic oxidation sites excluding steroid dienone is 1. The van der Waals surface area contributed by atoms with Crippen LogP contribution in [0.1, 0.15) is 12.5 Å². The standard InChI is InChI=1S/C15H20N5O8P/c1-15(22)11(21)9(5-27-29(24,25)26)28-14(15)20-4-7-8(19-23)2-3-16-12-10(7)13(20)18-6-17-12/h2-3,6,9,11,14,19,21-23H,4-5H2,1H3,(H,16,17,18)(H2,24,25,26)/t9-,11-,14-,15-/m1/s1. The first kappa shape index (κ1) is 20.2. The molecule has 29 heavy (non-hydrogen) atoms. The maximum absolute atomic E-state index is 11.0. The highest BCUT2D eigenvalue weighted by Crippen LogP contribution is 2.46. The summed E-state index contributed by atoms with van der Waals surface area (Å²) in [6, 6.07) is 0. The van der Waals surface area contributed by atoms with E-state index < -0.39 is 38.5 Å². The molecule has 14 heteroatoms. The Morgan fingerprint density at radius 3 is 2.93 bits per heavy atom. The van der Waals surface area contributed by atoms with Crippen LogP contribution in [-0.4, -0.2) is 72.4 Å². The average Bonchev–Trinajstić information content (AvgIpc) is 3.05. The van der Waals surface area contributed by atoms with E-state index in [0.717, 1.165) is 0 Å². The van der Waals surface area contributed by atoms with Crippen LogP contribution in [0.3, 0.4) is 0 Å². The van der Waals surface area contributed by atoms with Crippen molar-refractivity contribution in [2.75, 3.05) is 23.4 Å². The molecule has 0 spiro atoms. The van der Waals surface area contributed by atoms with Crippen LogP contribution in [0, 0.1) is 0 Å². The van der Waals surface area contributed by atoms with Gasteiger partial charge in [-0.3, -0.25) is 15.2 Å². The molecule has 1 saturated heterocycles. The van der Waals surface area contributed by atoms with Gasteiger partial charge in [0.05, 0.1) is 24.4 Å². The molecule has 0 aliphatic carbocycles. The van der Waals surface area contributed by atoms with Gasteiger partial charge in [-0.05, 0) is 13.0 Å². The Labute approximate surface area is 164 Å². The molecule has 0 saturated carbocycles. The van der Waals surface area contributed by atoms with Crippen molar-refractivity contribution in [1.29, 1.82) is 0 Å². The highest BCUT2D eigenvalue weighted by molar-refractivity contribution is 7.46. The van der Waals surface area contributed by atoms with E-state index in [1.54, 1.807) is 17.2 Å². The minimum Gasteiger partial charge on any atom is -0.387 e. The molecule has 4 atom stereocenters. The number of nitrogens with one attached hydrogen (secondary N) is 2. The van der Waals surface area contributed by atoms with E-state index in [4.69, 9.17) is 14.5 Å². The highest BCUT2D eigenvalue weighted by atomic mass is 31.2. The SMILES string of the molecule is C[C@@]1(O)[C@H](O)[C@@H](COP(=O)(O)O)O[C@H]1N1CC2=C(NO)C=CNc3ncnc1c32. The molecular formula is C15H20N5O8P. The van der Waals surface area contributed by atoms with Crippen LogP contribution < -0.4 is 15.7 Å². The molecule has 7 N–H and O–H groups in total. The zero-order valence-corrected chi connectivity index (χ0v) is 16.0. The lowest BCUT2D eigenvalue weighted by atomic mass is 9.96. The average molecular weight is 429 g/mol. The van der Waals surface area contributed by atoms with E-state index in [0.29, 0.717) is 28.5 Å². The molecule has 3 aliphatic heterocycles. The van der Waals surface area contributed by atoms with Gasteiger partial charge in [0.1, 0.15) is 35.8 Å². The third-order valence-corrected chi connectivity index (χ3v) is 5.58. The van der Waals surface area contributed by atoms with E-state index in [2.05, 4.69) is 25.3 Å². The molecular weight excluding hydrogens is 409 g/mol. The number of phosphoric acid groups is 1. The normalized spacial score (nSPS) is 31.0. The lowest BCUT2D eigenvalue weighted by Gasteiger charge is -2.34. The van der Waals surface area contributed by atoms with Crippen LogP contribution in [0.25, 0.3) is 5.57 Å². The molecule has 13 nitrogen and oxygen atoms in total. The van der Waals surface area contributed by atoms with E-state index in [1.807, 2.05) is 0 Å². The van der Waals surface area contributed by atoms with E-state index in [-0.39, 0.29) is 6.54 Å². The van der Waals surface area contributed by atoms with Crippen LogP contribution >= 0.6 is 7.82 Å². The summed E-state index contributed by atoms with van der Waals surface area (Å²) in [5.74, 6) is 0.872. The molecule has 1 aromatic rings. The third kappa shape index (κ3) is 3.41. The summed E-state index contributed by atoms with van der Waals surface area (Å²) in [6.45, 7) is 0.873. The first-order valence-corrected chi connectivity index (χ1v) is 10.1. The van der Waals surface area contributed by atoms with E-state index in [1.165, 1.54) is 13.3 Å². The van der Waals surface area contributed by atoms with Crippen molar-refractivity contribution in [2.45, 2.75) is 31.0 Å². The van der Waals surface area contributed by atoms with Gasteiger partial charge >= 0.3 is 7.82 Å². The van der Waals surface area contributed by atoms with Gasteiger partial charge < -0.3 is 35.0 Å². The van der Waals surface area contributed by atoms with Gasteiger partial charge in [0.15, 0.2) is 6.23 Å². The van der Waals surface area contributed by atoms with Crippen LogP contribution in [-0.2, 0) is 13.8 Å². The number of rotatable bonds is 5. The predicted octanol–water partition coefficient (Wildman–Crippen LogP) is -1.13. The Hall–Kier alpha value is -2.09. The highest BCUT2D eigenvalue weighted by Gasteiger charge is 2.56. The first-order chi connectivity index (χ1) is 13.6. The lowest BCUT2D eigenvalue weighted by Crippen LogP contribution is -2.53. The topological polar surface area (TPSA) is 190 Å². The number of hydrogen-bond acceptors (Lipinski definition) is 11. The molecule has 0 aromatic carbocycles. The maximum Gasteiger partial charge on any atom is 0.469 e. The lowest BCUT2D eigenvalue weighted by molar-refractivity contribution is -0.0627. The fraction of sp³-hybridized carbons (Fsp3) is 0.467. The summed E-state index contributed by atoms with van der Waals surface area (Å²) in [5, 5.41) is 33.9. The number of hydroxylamine groups is 1. The second kappa shape index (κ2) is 7.00. The number of ether oxygens (including phenoxy) is 1. The van der Waals surface area contributed by atoms with Gasteiger partial charge in [0.2, 0.25) is 0 Å². The molecule has 0 amide bonds. The molecule has 3 aliphatic rings. The Kier molecular flexibility index (Phi) is 4.88. The first-order valence-electron chi connectivity index (χ1n) is 8.58. The largest absolute Gasteiger partial charge is 0.469 e. The summed E-state index contributed by atoms with van der Waals surface area (Å²) >= 11 is 0. The van der Waals surface area contributed by atoms with Crippen LogP contribution in [0.15, 0.2) is 24.3 Å². The summed E-state index contributed by atoms with van der Waals surface area (Å²) in [4.78, 5) is 27.8. The third-order valence-electron chi connectivity index (χ3n) is 5.09. The Morgan fingerprint density at radius 2 is 2.24 bits per heavy atom. The maximum atomic E-state index is 11.0. The van der Waals surface area contributed by atoms with Gasteiger partial charge in [0, 0.05) is 11.8 Å². The zero-order valence-electron chi connectivity index (χ0n) is 15.1.